The summed E-state index contributed by atoms with van der Waals surface area (Å²) in [5.74, 6) is 0. The summed E-state index contributed by atoms with van der Waals surface area (Å²) < 4.78 is 0. The zero-order valence-corrected chi connectivity index (χ0v) is 12.4. The van der Waals surface area contributed by atoms with E-state index in [1.165, 1.54) is 10.4 Å². The number of thiophene rings is 1. The van der Waals surface area contributed by atoms with Gasteiger partial charge in [0.1, 0.15) is 0 Å². The number of nitrogens with zero attached hydrogens (tertiary/aromatic N) is 2. The van der Waals surface area contributed by atoms with Crippen molar-refractivity contribution in [2.75, 3.05) is 0 Å². The molecule has 2 atom stereocenters. The number of nitrogens with two attached hydrogens (primary N) is 1. The van der Waals surface area contributed by atoms with E-state index in [1.54, 1.807) is 23.1 Å². The highest BCUT2D eigenvalue weighted by Gasteiger charge is 2.21. The van der Waals surface area contributed by atoms with Crippen molar-refractivity contribution in [3.8, 4) is 0 Å². The highest BCUT2D eigenvalue weighted by atomic mass is 32.2. The molecule has 2 aromatic rings. The van der Waals surface area contributed by atoms with Gasteiger partial charge >= 0.3 is 0 Å². The molecule has 18 heavy (non-hydrogen) atoms. The number of rotatable bonds is 4. The van der Waals surface area contributed by atoms with Crippen LogP contribution >= 0.6 is 23.1 Å². The summed E-state index contributed by atoms with van der Waals surface area (Å²) in [6.07, 6.45) is 3.68. The normalized spacial score (nSPS) is 14.4. The Morgan fingerprint density at radius 2 is 1.94 bits per heavy atom. The predicted molar refractivity (Wildman–Crippen MR) is 78.1 cm³/mol. The first-order valence-corrected chi connectivity index (χ1v) is 7.58. The molecular weight excluding hydrogens is 262 g/mol. The van der Waals surface area contributed by atoms with Gasteiger partial charge in [-0.2, -0.15) is 0 Å². The largest absolute Gasteiger partial charge is 0.327 e. The third-order valence-electron chi connectivity index (χ3n) is 2.63. The van der Waals surface area contributed by atoms with Crippen LogP contribution in [-0.4, -0.2) is 16.0 Å². The van der Waals surface area contributed by atoms with Gasteiger partial charge in [0.05, 0.1) is 5.25 Å². The summed E-state index contributed by atoms with van der Waals surface area (Å²) in [5.41, 5.74) is 8.47. The third-order valence-corrected chi connectivity index (χ3v) is 5.22. The summed E-state index contributed by atoms with van der Waals surface area (Å²) >= 11 is 3.39. The van der Waals surface area contributed by atoms with E-state index in [2.05, 4.69) is 28.3 Å². The molecule has 2 unspecified atom stereocenters. The van der Waals surface area contributed by atoms with E-state index >= 15 is 0 Å². The fourth-order valence-electron chi connectivity index (χ4n) is 1.63. The first kappa shape index (κ1) is 13.5. The summed E-state index contributed by atoms with van der Waals surface area (Å²) in [4.78, 5) is 10.0. The average Bonchev–Trinajstić information content (AvgIpc) is 2.74. The lowest BCUT2D eigenvalue weighted by Gasteiger charge is -2.19. The lowest BCUT2D eigenvalue weighted by Crippen LogP contribution is -2.22. The molecule has 0 saturated heterocycles. The maximum absolute atomic E-state index is 6.10. The molecule has 3 nitrogen and oxygen atoms in total. The zero-order valence-electron chi connectivity index (χ0n) is 10.8. The second kappa shape index (κ2) is 5.82. The first-order chi connectivity index (χ1) is 8.58. The predicted octanol–water partition coefficient (Wildman–Crippen LogP) is 3.34. The molecule has 2 rings (SSSR count). The van der Waals surface area contributed by atoms with Crippen LogP contribution in [0.3, 0.4) is 0 Å². The number of hydrogen-bond acceptors (Lipinski definition) is 5. The van der Waals surface area contributed by atoms with Gasteiger partial charge < -0.3 is 5.73 Å². The monoisotopic (exact) mass is 279 g/mol. The quantitative estimate of drug-likeness (QED) is 0.689. The molecule has 0 aromatic carbocycles. The zero-order chi connectivity index (χ0) is 13.1. The maximum atomic E-state index is 6.10. The van der Waals surface area contributed by atoms with E-state index in [0.717, 1.165) is 10.7 Å². The molecule has 0 aliphatic heterocycles. The summed E-state index contributed by atoms with van der Waals surface area (Å²) in [7, 11) is 0. The molecule has 0 aliphatic rings. The van der Waals surface area contributed by atoms with Gasteiger partial charge in [-0.3, -0.25) is 0 Å². The fourth-order valence-corrected chi connectivity index (χ4v) is 3.93. The van der Waals surface area contributed by atoms with Gasteiger partial charge in [0, 0.05) is 23.3 Å². The van der Waals surface area contributed by atoms with Crippen LogP contribution in [0.2, 0.25) is 0 Å². The lowest BCUT2D eigenvalue weighted by molar-refractivity contribution is 0.723. The van der Waals surface area contributed by atoms with Crippen LogP contribution in [0.5, 0.6) is 0 Å². The summed E-state index contributed by atoms with van der Waals surface area (Å²) in [5, 5.41) is 3.11. The van der Waals surface area contributed by atoms with Gasteiger partial charge in [-0.15, -0.1) is 11.3 Å². The van der Waals surface area contributed by atoms with Crippen molar-refractivity contribution in [3.05, 3.63) is 39.8 Å². The van der Waals surface area contributed by atoms with E-state index in [4.69, 9.17) is 5.73 Å². The van der Waals surface area contributed by atoms with Gasteiger partial charge in [-0.05, 0) is 43.3 Å². The molecule has 96 valence electrons. The Morgan fingerprint density at radius 1 is 1.28 bits per heavy atom. The van der Waals surface area contributed by atoms with Gasteiger partial charge in [0.2, 0.25) is 0 Å². The topological polar surface area (TPSA) is 51.8 Å². The lowest BCUT2D eigenvalue weighted by atomic mass is 10.1. The molecule has 0 radical (unpaired) electrons. The molecule has 0 fully saturated rings. The fraction of sp³-hybridized carbons (Fsp3) is 0.385. The number of thioether (sulfide) groups is 1. The Balaban J connectivity index is 2.22. The summed E-state index contributed by atoms with van der Waals surface area (Å²) in [6, 6.07) is 2.20. The minimum absolute atomic E-state index is 0.0669. The second-order valence-corrected chi connectivity index (χ2v) is 6.46. The minimum atomic E-state index is 0.0669. The molecule has 0 spiro atoms. The van der Waals surface area contributed by atoms with E-state index in [1.807, 2.05) is 26.2 Å². The molecular formula is C13H17N3S2. The van der Waals surface area contributed by atoms with E-state index in [0.29, 0.717) is 0 Å². The van der Waals surface area contributed by atoms with Crippen LogP contribution < -0.4 is 5.73 Å². The van der Waals surface area contributed by atoms with E-state index < -0.39 is 0 Å². The average molecular weight is 279 g/mol. The van der Waals surface area contributed by atoms with Gasteiger partial charge in [-0.25, -0.2) is 9.97 Å². The van der Waals surface area contributed by atoms with Crippen LogP contribution in [0.15, 0.2) is 29.0 Å². The van der Waals surface area contributed by atoms with Gasteiger partial charge in [0.15, 0.2) is 5.16 Å². The molecule has 2 heterocycles. The minimum Gasteiger partial charge on any atom is -0.327 e. The molecule has 2 N–H and O–H groups in total. The van der Waals surface area contributed by atoms with Crippen molar-refractivity contribution < 1.29 is 0 Å². The molecule has 0 bridgehead atoms. The molecule has 5 heteroatoms. The van der Waals surface area contributed by atoms with Crippen molar-refractivity contribution in [2.24, 2.45) is 5.73 Å². The van der Waals surface area contributed by atoms with E-state index in [-0.39, 0.29) is 11.3 Å². The van der Waals surface area contributed by atoms with Crippen molar-refractivity contribution in [1.82, 2.24) is 9.97 Å². The van der Waals surface area contributed by atoms with Crippen molar-refractivity contribution >= 4 is 23.1 Å². The third kappa shape index (κ3) is 3.10. The Hall–Kier alpha value is -0.910. The number of hydrogen-bond donors (Lipinski definition) is 1. The van der Waals surface area contributed by atoms with Gasteiger partial charge in [-0.1, -0.05) is 11.8 Å². The summed E-state index contributed by atoms with van der Waals surface area (Å²) in [6.45, 7) is 6.14. The Labute approximate surface area is 116 Å². The first-order valence-electron chi connectivity index (χ1n) is 5.83. The number of aromatic nitrogens is 2. The Morgan fingerprint density at radius 3 is 2.44 bits per heavy atom. The highest BCUT2D eigenvalue weighted by molar-refractivity contribution is 7.99. The van der Waals surface area contributed by atoms with Crippen molar-refractivity contribution in [1.29, 1.82) is 0 Å². The molecule has 0 saturated carbocycles. The molecule has 0 aliphatic carbocycles. The van der Waals surface area contributed by atoms with Crippen LogP contribution in [-0.2, 0) is 0 Å². The highest BCUT2D eigenvalue weighted by Crippen LogP contribution is 2.39. The number of aryl methyl sites for hydroxylation is 2. The standard InChI is InChI=1S/C13H17N3S2/c1-8-6-15-13(16-7-8)18-12(10(3)14)11-9(2)4-5-17-11/h4-7,10,12H,14H2,1-3H3. The second-order valence-electron chi connectivity index (χ2n) is 4.41. The Kier molecular flexibility index (Phi) is 4.37. The maximum Gasteiger partial charge on any atom is 0.188 e. The van der Waals surface area contributed by atoms with E-state index in [9.17, 15) is 0 Å². The van der Waals surface area contributed by atoms with Crippen LogP contribution in [0.4, 0.5) is 0 Å². The van der Waals surface area contributed by atoms with Crippen LogP contribution in [0.1, 0.15) is 28.2 Å². The van der Waals surface area contributed by atoms with Crippen LogP contribution in [0, 0.1) is 13.8 Å². The Bertz CT molecular complexity index is 505. The van der Waals surface area contributed by atoms with Crippen molar-refractivity contribution in [2.45, 2.75) is 37.2 Å². The molecule has 2 aromatic heterocycles. The van der Waals surface area contributed by atoms with Crippen LogP contribution in [0.25, 0.3) is 0 Å². The van der Waals surface area contributed by atoms with Gasteiger partial charge in [0.25, 0.3) is 0 Å². The van der Waals surface area contributed by atoms with Crippen molar-refractivity contribution in [3.63, 3.8) is 0 Å². The molecule has 0 amide bonds. The smallest absolute Gasteiger partial charge is 0.188 e. The SMILES string of the molecule is Cc1cnc(SC(c2sccc2C)C(C)N)nc1.